The summed E-state index contributed by atoms with van der Waals surface area (Å²) in [5.41, 5.74) is 2.13. The zero-order valence-corrected chi connectivity index (χ0v) is 16.0. The van der Waals surface area contributed by atoms with E-state index in [0.29, 0.717) is 28.2 Å². The highest BCUT2D eigenvalue weighted by molar-refractivity contribution is 6.31. The molecule has 1 aliphatic heterocycles. The van der Waals surface area contributed by atoms with Gasteiger partial charge in [-0.2, -0.15) is 4.98 Å². The van der Waals surface area contributed by atoms with Gasteiger partial charge in [-0.1, -0.05) is 17.7 Å². The lowest BCUT2D eigenvalue weighted by atomic mass is 10.2. The highest BCUT2D eigenvalue weighted by atomic mass is 35.5. The standard InChI is InChI=1S/C18H23ClN6O/c1-12-6-7-13(10-14(12)19)21-18(26)22-15-11-20-17(23-16(15)24(2)3)25-8-4-5-9-25/h6-7,10-11H,4-5,8-9H2,1-3H3,(H2,21,22,26). The van der Waals surface area contributed by atoms with Gasteiger partial charge in [0.25, 0.3) is 0 Å². The van der Waals surface area contributed by atoms with Crippen molar-refractivity contribution in [2.24, 2.45) is 0 Å². The second-order valence-corrected chi connectivity index (χ2v) is 6.95. The minimum atomic E-state index is -0.370. The maximum atomic E-state index is 12.3. The Morgan fingerprint density at radius 3 is 2.62 bits per heavy atom. The fourth-order valence-electron chi connectivity index (χ4n) is 2.82. The number of hydrogen-bond acceptors (Lipinski definition) is 5. The molecule has 1 saturated heterocycles. The average Bonchev–Trinajstić information content (AvgIpc) is 3.13. The van der Waals surface area contributed by atoms with Crippen LogP contribution in [0.15, 0.2) is 24.4 Å². The fourth-order valence-corrected chi connectivity index (χ4v) is 3.00. The summed E-state index contributed by atoms with van der Waals surface area (Å²) in [6.07, 6.45) is 3.96. The largest absolute Gasteiger partial charge is 0.361 e. The molecule has 26 heavy (non-hydrogen) atoms. The van der Waals surface area contributed by atoms with Gasteiger partial charge in [-0.05, 0) is 37.5 Å². The van der Waals surface area contributed by atoms with Crippen molar-refractivity contribution in [1.29, 1.82) is 0 Å². The number of carbonyl (C=O) groups excluding carboxylic acids is 1. The first-order valence-corrected chi connectivity index (χ1v) is 8.95. The lowest BCUT2D eigenvalue weighted by Crippen LogP contribution is -2.25. The third-order valence-corrected chi connectivity index (χ3v) is 4.65. The molecule has 0 radical (unpaired) electrons. The van der Waals surface area contributed by atoms with Crippen LogP contribution in [0.2, 0.25) is 5.02 Å². The summed E-state index contributed by atoms with van der Waals surface area (Å²) in [5.74, 6) is 1.36. The second-order valence-electron chi connectivity index (χ2n) is 6.54. The average molecular weight is 375 g/mol. The molecule has 7 nitrogen and oxygen atoms in total. The van der Waals surface area contributed by atoms with Crippen molar-refractivity contribution in [3.8, 4) is 0 Å². The Hall–Kier alpha value is -2.54. The quantitative estimate of drug-likeness (QED) is 0.852. The van der Waals surface area contributed by atoms with Gasteiger partial charge in [-0.15, -0.1) is 0 Å². The monoisotopic (exact) mass is 374 g/mol. The van der Waals surface area contributed by atoms with E-state index >= 15 is 0 Å². The molecule has 138 valence electrons. The molecule has 0 unspecified atom stereocenters. The van der Waals surface area contributed by atoms with Crippen LogP contribution in [0, 0.1) is 6.92 Å². The Balaban J connectivity index is 1.75. The van der Waals surface area contributed by atoms with Crippen LogP contribution in [0.3, 0.4) is 0 Å². The zero-order chi connectivity index (χ0) is 18.7. The van der Waals surface area contributed by atoms with E-state index in [-0.39, 0.29) is 6.03 Å². The van der Waals surface area contributed by atoms with Crippen molar-refractivity contribution in [2.45, 2.75) is 19.8 Å². The van der Waals surface area contributed by atoms with Crippen molar-refractivity contribution in [2.75, 3.05) is 47.6 Å². The Morgan fingerprint density at radius 2 is 1.96 bits per heavy atom. The number of anilines is 4. The predicted octanol–water partition coefficient (Wildman–Crippen LogP) is 3.75. The van der Waals surface area contributed by atoms with Crippen LogP contribution in [-0.2, 0) is 0 Å². The molecular weight excluding hydrogens is 352 g/mol. The SMILES string of the molecule is Cc1ccc(NC(=O)Nc2cnc(N3CCCC3)nc2N(C)C)cc1Cl. The van der Waals surface area contributed by atoms with Crippen LogP contribution in [0.25, 0.3) is 0 Å². The molecule has 2 N–H and O–H groups in total. The molecule has 0 spiro atoms. The molecular formula is C18H23ClN6O. The van der Waals surface area contributed by atoms with Gasteiger partial charge in [0.05, 0.1) is 6.20 Å². The van der Waals surface area contributed by atoms with Crippen LogP contribution < -0.4 is 20.4 Å². The number of nitrogens with zero attached hydrogens (tertiary/aromatic N) is 4. The number of halogens is 1. The summed E-state index contributed by atoms with van der Waals surface area (Å²) in [6, 6.07) is 5.01. The van der Waals surface area contributed by atoms with Gasteiger partial charge in [0.1, 0.15) is 5.69 Å². The molecule has 1 aromatic heterocycles. The van der Waals surface area contributed by atoms with Crippen LogP contribution in [0.4, 0.5) is 27.9 Å². The first-order chi connectivity index (χ1) is 12.4. The molecule has 8 heteroatoms. The smallest absolute Gasteiger partial charge is 0.323 e. The van der Waals surface area contributed by atoms with E-state index in [4.69, 9.17) is 11.6 Å². The fraction of sp³-hybridized carbons (Fsp3) is 0.389. The Morgan fingerprint density at radius 1 is 1.23 bits per heavy atom. The number of aryl methyl sites for hydroxylation is 1. The van der Waals surface area contributed by atoms with Crippen molar-refractivity contribution >= 4 is 40.8 Å². The highest BCUT2D eigenvalue weighted by Crippen LogP contribution is 2.26. The predicted molar refractivity (Wildman–Crippen MR) is 107 cm³/mol. The number of aromatic nitrogens is 2. The molecule has 0 aliphatic carbocycles. The Kier molecular flexibility index (Phi) is 5.46. The lowest BCUT2D eigenvalue weighted by molar-refractivity contribution is 0.262. The summed E-state index contributed by atoms with van der Waals surface area (Å²) >= 11 is 6.10. The van der Waals surface area contributed by atoms with E-state index in [1.54, 1.807) is 18.3 Å². The van der Waals surface area contributed by atoms with Crippen LogP contribution in [-0.4, -0.2) is 43.2 Å². The van der Waals surface area contributed by atoms with Crippen LogP contribution in [0.5, 0.6) is 0 Å². The molecule has 2 amide bonds. The summed E-state index contributed by atoms with van der Waals surface area (Å²) in [4.78, 5) is 25.4. The minimum Gasteiger partial charge on any atom is -0.361 e. The maximum absolute atomic E-state index is 12.3. The number of rotatable bonds is 4. The molecule has 1 fully saturated rings. The van der Waals surface area contributed by atoms with E-state index < -0.39 is 0 Å². The first kappa shape index (κ1) is 18.3. The molecule has 0 bridgehead atoms. The van der Waals surface area contributed by atoms with Crippen molar-refractivity contribution in [3.05, 3.63) is 35.0 Å². The highest BCUT2D eigenvalue weighted by Gasteiger charge is 2.18. The third kappa shape index (κ3) is 4.16. The Labute approximate surface area is 158 Å². The number of nitrogens with one attached hydrogen (secondary N) is 2. The van der Waals surface area contributed by atoms with Gasteiger partial charge in [-0.3, -0.25) is 0 Å². The van der Waals surface area contributed by atoms with Gasteiger partial charge >= 0.3 is 6.03 Å². The summed E-state index contributed by atoms with van der Waals surface area (Å²) in [5, 5.41) is 6.20. The van der Waals surface area contributed by atoms with Crippen molar-refractivity contribution in [3.63, 3.8) is 0 Å². The van der Waals surface area contributed by atoms with E-state index in [2.05, 4.69) is 25.5 Å². The van der Waals surface area contributed by atoms with Gasteiger partial charge in [0, 0.05) is 37.9 Å². The molecule has 2 aromatic rings. The molecule has 2 heterocycles. The number of carbonyl (C=O) groups is 1. The first-order valence-electron chi connectivity index (χ1n) is 8.57. The molecule has 3 rings (SSSR count). The van der Waals surface area contributed by atoms with Crippen LogP contribution >= 0.6 is 11.6 Å². The van der Waals surface area contributed by atoms with Gasteiger partial charge in [-0.25, -0.2) is 9.78 Å². The molecule has 1 aromatic carbocycles. The second kappa shape index (κ2) is 7.78. The van der Waals surface area contributed by atoms with Crippen LogP contribution in [0.1, 0.15) is 18.4 Å². The van der Waals surface area contributed by atoms with Gasteiger partial charge < -0.3 is 20.4 Å². The minimum absolute atomic E-state index is 0.370. The lowest BCUT2D eigenvalue weighted by Gasteiger charge is -2.21. The number of amides is 2. The maximum Gasteiger partial charge on any atom is 0.323 e. The van der Waals surface area contributed by atoms with E-state index in [1.807, 2.05) is 32.0 Å². The summed E-state index contributed by atoms with van der Waals surface area (Å²) in [7, 11) is 3.78. The normalized spacial score (nSPS) is 13.6. The molecule has 0 saturated carbocycles. The number of hydrogen-bond donors (Lipinski definition) is 2. The zero-order valence-electron chi connectivity index (χ0n) is 15.2. The van der Waals surface area contributed by atoms with E-state index in [1.165, 1.54) is 0 Å². The van der Waals surface area contributed by atoms with E-state index in [9.17, 15) is 4.79 Å². The van der Waals surface area contributed by atoms with Gasteiger partial charge in [0.15, 0.2) is 5.82 Å². The molecule has 0 atom stereocenters. The van der Waals surface area contributed by atoms with Crippen molar-refractivity contribution in [1.82, 2.24) is 9.97 Å². The van der Waals surface area contributed by atoms with E-state index in [0.717, 1.165) is 31.5 Å². The topological polar surface area (TPSA) is 73.4 Å². The summed E-state index contributed by atoms with van der Waals surface area (Å²) in [6.45, 7) is 3.84. The van der Waals surface area contributed by atoms with Crippen molar-refractivity contribution < 1.29 is 4.79 Å². The third-order valence-electron chi connectivity index (χ3n) is 4.25. The summed E-state index contributed by atoms with van der Waals surface area (Å²) < 4.78 is 0. The number of benzene rings is 1. The Bertz CT molecular complexity index is 804. The number of urea groups is 1. The molecule has 1 aliphatic rings. The van der Waals surface area contributed by atoms with Gasteiger partial charge in [0.2, 0.25) is 5.95 Å².